The summed E-state index contributed by atoms with van der Waals surface area (Å²) in [6.07, 6.45) is 9.96. The Balaban J connectivity index is 1.75. The smallest absolute Gasteiger partial charge is 0.252 e. The molecular formula is C18H30N2OS. The zero-order chi connectivity index (χ0) is 15.7. The van der Waals surface area contributed by atoms with Crippen LogP contribution < -0.4 is 0 Å². The lowest BCUT2D eigenvalue weighted by molar-refractivity contribution is -0.123. The van der Waals surface area contributed by atoms with E-state index in [1.807, 2.05) is 11.8 Å². The summed E-state index contributed by atoms with van der Waals surface area (Å²) in [6.45, 7) is 7.77. The molecule has 2 unspecified atom stereocenters. The lowest BCUT2D eigenvalue weighted by Gasteiger charge is -2.43. The fraction of sp³-hybridized carbons (Fsp3) is 0.889. The number of carbonyl (C=O) groups is 1. The van der Waals surface area contributed by atoms with E-state index in [-0.39, 0.29) is 11.8 Å². The van der Waals surface area contributed by atoms with Crippen LogP contribution >= 0.6 is 11.8 Å². The number of hydrogen-bond donors (Lipinski definition) is 0. The predicted molar refractivity (Wildman–Crippen MR) is 94.2 cm³/mol. The Morgan fingerprint density at radius 1 is 1.23 bits per heavy atom. The molecule has 0 bridgehead atoms. The van der Waals surface area contributed by atoms with Gasteiger partial charge in [-0.1, -0.05) is 44.9 Å². The molecule has 1 amide bonds. The summed E-state index contributed by atoms with van der Waals surface area (Å²) in [7, 11) is 0. The summed E-state index contributed by atoms with van der Waals surface area (Å²) < 4.78 is 0. The predicted octanol–water partition coefficient (Wildman–Crippen LogP) is 4.47. The lowest BCUT2D eigenvalue weighted by atomic mass is 9.71. The molecule has 0 radical (unpaired) electrons. The Hall–Kier alpha value is -0.510. The van der Waals surface area contributed by atoms with E-state index < -0.39 is 0 Å². The van der Waals surface area contributed by atoms with Crippen LogP contribution in [0.2, 0.25) is 0 Å². The summed E-state index contributed by atoms with van der Waals surface area (Å²) in [5.74, 6) is 0.309. The van der Waals surface area contributed by atoms with Gasteiger partial charge in [0.1, 0.15) is 0 Å². The highest BCUT2D eigenvalue weighted by Gasteiger charge is 2.43. The average Bonchev–Trinajstić information content (AvgIpc) is 2.50. The van der Waals surface area contributed by atoms with E-state index >= 15 is 0 Å². The van der Waals surface area contributed by atoms with Gasteiger partial charge in [0.25, 0.3) is 5.91 Å². The van der Waals surface area contributed by atoms with Crippen molar-refractivity contribution in [3.63, 3.8) is 0 Å². The standard InChI is InChI=1S/C18H30N2OS/c1-4-20(13-8-6-5-7-9-13)17-19-16(21)14-12-18(2,3)11-10-15(14)22-17/h13-15H,4-12H2,1-3H3. The van der Waals surface area contributed by atoms with Gasteiger partial charge in [-0.05, 0) is 44.4 Å². The minimum atomic E-state index is 0.154. The second-order valence-electron chi connectivity index (χ2n) is 7.98. The second kappa shape index (κ2) is 6.54. The van der Waals surface area contributed by atoms with Gasteiger partial charge in [-0.3, -0.25) is 4.79 Å². The molecule has 3 rings (SSSR count). The zero-order valence-electron chi connectivity index (χ0n) is 14.3. The second-order valence-corrected chi connectivity index (χ2v) is 9.19. The number of amidine groups is 1. The van der Waals surface area contributed by atoms with Crippen molar-refractivity contribution in [1.29, 1.82) is 0 Å². The molecule has 22 heavy (non-hydrogen) atoms. The van der Waals surface area contributed by atoms with Crippen molar-refractivity contribution in [1.82, 2.24) is 4.90 Å². The van der Waals surface area contributed by atoms with E-state index in [0.717, 1.165) is 24.6 Å². The van der Waals surface area contributed by atoms with Crippen LogP contribution in [0.25, 0.3) is 0 Å². The molecule has 3 aliphatic rings. The van der Waals surface area contributed by atoms with Crippen molar-refractivity contribution in [2.75, 3.05) is 6.54 Å². The summed E-state index contributed by atoms with van der Waals surface area (Å²) in [4.78, 5) is 19.6. The molecule has 0 spiro atoms. The van der Waals surface area contributed by atoms with Crippen LogP contribution in [0.4, 0.5) is 0 Å². The van der Waals surface area contributed by atoms with Gasteiger partial charge < -0.3 is 4.90 Å². The monoisotopic (exact) mass is 322 g/mol. The SMILES string of the molecule is CCN(C1=NC(=O)C2CC(C)(C)CCC2S1)C1CCCCC1. The minimum absolute atomic E-state index is 0.154. The van der Waals surface area contributed by atoms with Crippen molar-refractivity contribution < 1.29 is 4.79 Å². The number of carbonyl (C=O) groups excluding carboxylic acids is 1. The van der Waals surface area contributed by atoms with Gasteiger partial charge in [0, 0.05) is 17.8 Å². The molecule has 0 aromatic rings. The first-order valence-electron chi connectivity index (χ1n) is 9.06. The Labute approximate surface area is 139 Å². The van der Waals surface area contributed by atoms with E-state index in [1.165, 1.54) is 38.5 Å². The first-order valence-corrected chi connectivity index (χ1v) is 9.94. The van der Waals surface area contributed by atoms with Crippen LogP contribution in [0.1, 0.15) is 72.1 Å². The molecule has 2 aliphatic carbocycles. The van der Waals surface area contributed by atoms with Gasteiger partial charge in [0.05, 0.1) is 5.92 Å². The van der Waals surface area contributed by atoms with Gasteiger partial charge in [-0.15, -0.1) is 0 Å². The highest BCUT2D eigenvalue weighted by molar-refractivity contribution is 8.14. The zero-order valence-corrected chi connectivity index (χ0v) is 15.1. The van der Waals surface area contributed by atoms with Gasteiger partial charge >= 0.3 is 0 Å². The van der Waals surface area contributed by atoms with Crippen LogP contribution in [0.15, 0.2) is 4.99 Å². The maximum atomic E-state index is 12.6. The minimum Gasteiger partial charge on any atom is -0.348 e. The van der Waals surface area contributed by atoms with Crippen molar-refractivity contribution in [3.05, 3.63) is 0 Å². The van der Waals surface area contributed by atoms with Crippen molar-refractivity contribution in [3.8, 4) is 0 Å². The van der Waals surface area contributed by atoms with Crippen LogP contribution in [0, 0.1) is 11.3 Å². The topological polar surface area (TPSA) is 32.7 Å². The Kier molecular flexibility index (Phi) is 4.86. The van der Waals surface area contributed by atoms with E-state index in [2.05, 4.69) is 30.7 Å². The number of fused-ring (bicyclic) bond motifs is 1. The molecule has 3 nitrogen and oxygen atoms in total. The van der Waals surface area contributed by atoms with E-state index in [1.54, 1.807) is 0 Å². The maximum Gasteiger partial charge on any atom is 0.252 e. The summed E-state index contributed by atoms with van der Waals surface area (Å²) >= 11 is 1.90. The van der Waals surface area contributed by atoms with Crippen LogP contribution in [-0.4, -0.2) is 33.8 Å². The molecular weight excluding hydrogens is 292 g/mol. The van der Waals surface area contributed by atoms with E-state index in [9.17, 15) is 4.79 Å². The van der Waals surface area contributed by atoms with Gasteiger partial charge in [0.2, 0.25) is 0 Å². The van der Waals surface area contributed by atoms with Crippen molar-refractivity contribution >= 4 is 22.8 Å². The van der Waals surface area contributed by atoms with E-state index in [4.69, 9.17) is 0 Å². The summed E-state index contributed by atoms with van der Waals surface area (Å²) in [5, 5.41) is 1.49. The molecule has 4 heteroatoms. The number of aliphatic imine (C=N–C) groups is 1. The van der Waals surface area contributed by atoms with Crippen molar-refractivity contribution in [2.24, 2.45) is 16.3 Å². The molecule has 2 fully saturated rings. The van der Waals surface area contributed by atoms with Crippen molar-refractivity contribution in [2.45, 2.75) is 83.4 Å². The van der Waals surface area contributed by atoms with Crippen LogP contribution in [0.5, 0.6) is 0 Å². The quantitative estimate of drug-likeness (QED) is 0.752. The fourth-order valence-corrected chi connectivity index (χ4v) is 5.80. The maximum absolute atomic E-state index is 12.6. The first kappa shape index (κ1) is 16.4. The number of nitrogens with zero attached hydrogens (tertiary/aromatic N) is 2. The Morgan fingerprint density at radius 2 is 1.95 bits per heavy atom. The molecule has 0 saturated heterocycles. The molecule has 0 aromatic heterocycles. The van der Waals surface area contributed by atoms with Gasteiger partial charge in [-0.25, -0.2) is 0 Å². The highest BCUT2D eigenvalue weighted by atomic mass is 32.2. The van der Waals surface area contributed by atoms with E-state index in [0.29, 0.717) is 16.7 Å². The molecule has 0 aromatic carbocycles. The molecule has 2 atom stereocenters. The van der Waals surface area contributed by atoms with Crippen LogP contribution in [-0.2, 0) is 4.79 Å². The largest absolute Gasteiger partial charge is 0.348 e. The normalized spacial score (nSPS) is 32.3. The Morgan fingerprint density at radius 3 is 2.64 bits per heavy atom. The number of hydrogen-bond acceptors (Lipinski definition) is 3. The highest BCUT2D eigenvalue weighted by Crippen LogP contribution is 2.46. The first-order chi connectivity index (χ1) is 10.5. The van der Waals surface area contributed by atoms with Crippen LogP contribution in [0.3, 0.4) is 0 Å². The fourth-order valence-electron chi connectivity index (χ4n) is 4.36. The lowest BCUT2D eigenvalue weighted by Crippen LogP contribution is -2.46. The third kappa shape index (κ3) is 3.37. The third-order valence-electron chi connectivity index (χ3n) is 5.71. The summed E-state index contributed by atoms with van der Waals surface area (Å²) in [5.41, 5.74) is 0.304. The number of amides is 1. The van der Waals surface area contributed by atoms with Gasteiger partial charge in [-0.2, -0.15) is 4.99 Å². The number of rotatable bonds is 2. The average molecular weight is 323 g/mol. The van der Waals surface area contributed by atoms with Gasteiger partial charge in [0.15, 0.2) is 5.17 Å². The summed E-state index contributed by atoms with van der Waals surface area (Å²) in [6, 6.07) is 0.606. The molecule has 1 aliphatic heterocycles. The molecule has 1 heterocycles. The molecule has 124 valence electrons. The Bertz CT molecular complexity index is 454. The number of thioether (sulfide) groups is 1. The molecule has 2 saturated carbocycles. The third-order valence-corrected chi connectivity index (χ3v) is 7.11. The molecule has 0 N–H and O–H groups in total.